The quantitative estimate of drug-likeness (QED) is 0.530. The smallest absolute Gasteiger partial charge is 0.411 e. The number of rotatable bonds is 6. The van der Waals surface area contributed by atoms with Crippen LogP contribution >= 0.6 is 0 Å². The first kappa shape index (κ1) is 22.7. The minimum absolute atomic E-state index is 0.0748. The molecule has 1 amide bonds. The van der Waals surface area contributed by atoms with Crippen LogP contribution in [0.1, 0.15) is 53.5 Å². The van der Waals surface area contributed by atoms with Gasteiger partial charge in [-0.3, -0.25) is 9.69 Å². The topological polar surface area (TPSA) is 82.1 Å². The number of likely N-dealkylation sites (tertiary alicyclic amines) is 1. The van der Waals surface area contributed by atoms with Gasteiger partial charge in [-0.05, 0) is 40.2 Å². The van der Waals surface area contributed by atoms with Crippen LogP contribution in [0.2, 0.25) is 0 Å². The number of carbonyl (C=O) groups excluding carboxylic acids is 3. The summed E-state index contributed by atoms with van der Waals surface area (Å²) in [5.41, 5.74) is -1.37. The van der Waals surface area contributed by atoms with E-state index in [4.69, 9.17) is 14.2 Å². The van der Waals surface area contributed by atoms with E-state index >= 15 is 0 Å². The molecule has 1 aromatic rings. The molecule has 160 valence electrons. The molecule has 1 saturated heterocycles. The number of nitrogens with zero attached hydrogens (tertiary/aromatic N) is 1. The van der Waals surface area contributed by atoms with Gasteiger partial charge in [0.15, 0.2) is 5.54 Å². The Morgan fingerprint density at radius 3 is 2.31 bits per heavy atom. The molecule has 1 aromatic carbocycles. The Morgan fingerprint density at radius 1 is 1.17 bits per heavy atom. The molecule has 1 heterocycles. The van der Waals surface area contributed by atoms with Crippen LogP contribution in [0.3, 0.4) is 0 Å². The molecule has 0 radical (unpaired) electrons. The first-order valence-electron chi connectivity index (χ1n) is 9.87. The Balaban J connectivity index is 2.22. The predicted octanol–water partition coefficient (Wildman–Crippen LogP) is 3.70. The van der Waals surface area contributed by atoms with Crippen LogP contribution in [0, 0.1) is 5.92 Å². The van der Waals surface area contributed by atoms with Gasteiger partial charge in [0.1, 0.15) is 12.2 Å². The van der Waals surface area contributed by atoms with E-state index in [-0.39, 0.29) is 25.0 Å². The second kappa shape index (κ2) is 8.84. The van der Waals surface area contributed by atoms with Crippen molar-refractivity contribution in [3.63, 3.8) is 0 Å². The fourth-order valence-corrected chi connectivity index (χ4v) is 3.32. The highest BCUT2D eigenvalue weighted by molar-refractivity contribution is 5.93. The summed E-state index contributed by atoms with van der Waals surface area (Å²) in [6.45, 7) is 10.9. The SMILES string of the molecule is CC(C)OC(=O)C[C@]1(C(=O)OC(C)(C)C)[C@@H](C)CN1C(=O)OCc1ccccc1. The third-order valence-corrected chi connectivity index (χ3v) is 4.71. The fourth-order valence-electron chi connectivity index (χ4n) is 3.32. The third-order valence-electron chi connectivity index (χ3n) is 4.71. The first-order valence-corrected chi connectivity index (χ1v) is 9.87. The molecule has 2 rings (SSSR count). The number of hydrogen-bond donors (Lipinski definition) is 0. The summed E-state index contributed by atoms with van der Waals surface area (Å²) in [5, 5.41) is 0. The molecule has 0 aromatic heterocycles. The minimum atomic E-state index is -1.44. The van der Waals surface area contributed by atoms with Crippen molar-refractivity contribution in [1.29, 1.82) is 0 Å². The Kier molecular flexibility index (Phi) is 6.93. The van der Waals surface area contributed by atoms with Crippen molar-refractivity contribution in [2.24, 2.45) is 5.92 Å². The van der Waals surface area contributed by atoms with E-state index in [0.29, 0.717) is 6.54 Å². The van der Waals surface area contributed by atoms with Gasteiger partial charge in [-0.15, -0.1) is 0 Å². The van der Waals surface area contributed by atoms with Crippen LogP contribution in [-0.2, 0) is 30.4 Å². The van der Waals surface area contributed by atoms with Gasteiger partial charge in [0, 0.05) is 12.5 Å². The van der Waals surface area contributed by atoms with Gasteiger partial charge in [-0.2, -0.15) is 0 Å². The Morgan fingerprint density at radius 2 is 1.79 bits per heavy atom. The van der Waals surface area contributed by atoms with Crippen molar-refractivity contribution in [2.45, 2.75) is 71.8 Å². The van der Waals surface area contributed by atoms with E-state index in [1.165, 1.54) is 4.90 Å². The number of benzene rings is 1. The lowest BCUT2D eigenvalue weighted by molar-refractivity contribution is -0.191. The minimum Gasteiger partial charge on any atom is -0.463 e. The highest BCUT2D eigenvalue weighted by Gasteiger charge is 2.62. The Labute approximate surface area is 172 Å². The number of hydrogen-bond acceptors (Lipinski definition) is 6. The summed E-state index contributed by atoms with van der Waals surface area (Å²) in [4.78, 5) is 39.6. The molecule has 29 heavy (non-hydrogen) atoms. The molecule has 0 aliphatic carbocycles. The van der Waals surface area contributed by atoms with Gasteiger partial charge in [0.05, 0.1) is 12.5 Å². The fraction of sp³-hybridized carbons (Fsp3) is 0.591. The van der Waals surface area contributed by atoms with Crippen molar-refractivity contribution < 1.29 is 28.6 Å². The lowest BCUT2D eigenvalue weighted by atomic mass is 9.72. The molecule has 0 saturated carbocycles. The predicted molar refractivity (Wildman–Crippen MR) is 107 cm³/mol. The lowest BCUT2D eigenvalue weighted by Crippen LogP contribution is -2.73. The molecule has 1 aliphatic heterocycles. The molecule has 0 N–H and O–H groups in total. The first-order chi connectivity index (χ1) is 13.5. The summed E-state index contributed by atoms with van der Waals surface area (Å²) in [7, 11) is 0. The molecule has 7 nitrogen and oxygen atoms in total. The molecule has 2 atom stereocenters. The Bertz CT molecular complexity index is 739. The lowest BCUT2D eigenvalue weighted by Gasteiger charge is -2.54. The van der Waals surface area contributed by atoms with Gasteiger partial charge in [0.2, 0.25) is 0 Å². The van der Waals surface area contributed by atoms with Crippen LogP contribution < -0.4 is 0 Å². The second-order valence-corrected chi connectivity index (χ2v) is 8.69. The maximum atomic E-state index is 13.1. The zero-order chi connectivity index (χ0) is 21.8. The molecular weight excluding hydrogens is 374 g/mol. The monoisotopic (exact) mass is 405 g/mol. The molecule has 0 bridgehead atoms. The molecular formula is C22H31NO6. The van der Waals surface area contributed by atoms with E-state index < -0.39 is 29.2 Å². The van der Waals surface area contributed by atoms with E-state index in [0.717, 1.165) is 5.56 Å². The van der Waals surface area contributed by atoms with Gasteiger partial charge < -0.3 is 14.2 Å². The molecule has 0 spiro atoms. The summed E-state index contributed by atoms with van der Waals surface area (Å²) in [6.07, 6.45) is -1.26. The van der Waals surface area contributed by atoms with E-state index in [9.17, 15) is 14.4 Å². The van der Waals surface area contributed by atoms with Gasteiger partial charge in [-0.1, -0.05) is 37.3 Å². The average Bonchev–Trinajstić information content (AvgIpc) is 2.60. The number of ether oxygens (including phenoxy) is 3. The average molecular weight is 405 g/mol. The zero-order valence-electron chi connectivity index (χ0n) is 18.1. The van der Waals surface area contributed by atoms with Crippen LogP contribution in [0.4, 0.5) is 4.79 Å². The summed E-state index contributed by atoms with van der Waals surface area (Å²) >= 11 is 0. The zero-order valence-corrected chi connectivity index (χ0v) is 18.1. The van der Waals surface area contributed by atoms with E-state index in [2.05, 4.69) is 0 Å². The Hall–Kier alpha value is -2.57. The van der Waals surface area contributed by atoms with Crippen LogP contribution in [0.15, 0.2) is 30.3 Å². The van der Waals surface area contributed by atoms with Crippen molar-refractivity contribution in [3.05, 3.63) is 35.9 Å². The number of esters is 2. The maximum absolute atomic E-state index is 13.1. The second-order valence-electron chi connectivity index (χ2n) is 8.69. The van der Waals surface area contributed by atoms with Crippen molar-refractivity contribution in [2.75, 3.05) is 6.54 Å². The van der Waals surface area contributed by atoms with E-state index in [1.807, 2.05) is 37.3 Å². The van der Waals surface area contributed by atoms with Gasteiger partial charge >= 0.3 is 18.0 Å². The summed E-state index contributed by atoms with van der Waals surface area (Å²) in [6, 6.07) is 9.25. The standard InChI is InChI=1S/C22H31NO6/c1-15(2)28-18(24)12-22(19(25)29-21(4,5)6)16(3)13-23(22)20(26)27-14-17-10-8-7-9-11-17/h7-11,15-16H,12-14H2,1-6H3/t16-,22+/m0/s1. The largest absolute Gasteiger partial charge is 0.463 e. The molecule has 1 fully saturated rings. The number of carbonyl (C=O) groups is 3. The molecule has 0 unspecified atom stereocenters. The summed E-state index contributed by atoms with van der Waals surface area (Å²) in [5.74, 6) is -1.46. The van der Waals surface area contributed by atoms with Crippen LogP contribution in [0.5, 0.6) is 0 Å². The summed E-state index contributed by atoms with van der Waals surface area (Å²) < 4.78 is 16.2. The maximum Gasteiger partial charge on any atom is 0.411 e. The highest BCUT2D eigenvalue weighted by Crippen LogP contribution is 2.42. The van der Waals surface area contributed by atoms with E-state index in [1.54, 1.807) is 34.6 Å². The van der Waals surface area contributed by atoms with Gasteiger partial charge in [-0.25, -0.2) is 9.59 Å². The van der Waals surface area contributed by atoms with Crippen molar-refractivity contribution in [1.82, 2.24) is 4.90 Å². The normalized spacial score (nSPS) is 21.3. The number of amides is 1. The van der Waals surface area contributed by atoms with Gasteiger partial charge in [0.25, 0.3) is 0 Å². The van der Waals surface area contributed by atoms with Crippen LogP contribution in [-0.4, -0.2) is 46.7 Å². The van der Waals surface area contributed by atoms with Crippen molar-refractivity contribution >= 4 is 18.0 Å². The van der Waals surface area contributed by atoms with Crippen molar-refractivity contribution in [3.8, 4) is 0 Å². The molecule has 1 aliphatic rings. The third kappa shape index (κ3) is 5.49. The highest BCUT2D eigenvalue weighted by atomic mass is 16.6. The molecule has 7 heteroatoms. The van der Waals surface area contributed by atoms with Crippen LogP contribution in [0.25, 0.3) is 0 Å².